The number of piperazine rings is 1. The number of aromatic amines is 2. The number of anilines is 1. The molecule has 2 aromatic heterocycles. The molecule has 0 aliphatic carbocycles. The number of aromatic nitrogens is 2. The smallest absolute Gasteiger partial charge is 0.415 e. The first-order chi connectivity index (χ1) is 22.1. The lowest BCUT2D eigenvalue weighted by atomic mass is 9.94. The van der Waals surface area contributed by atoms with Crippen molar-refractivity contribution in [3.8, 4) is 23.0 Å². The van der Waals surface area contributed by atoms with Gasteiger partial charge in [0, 0.05) is 60.1 Å². The van der Waals surface area contributed by atoms with Gasteiger partial charge in [0.15, 0.2) is 17.2 Å². The maximum absolute atomic E-state index is 14.4. The zero-order chi connectivity index (χ0) is 32.9. The lowest BCUT2D eigenvalue weighted by molar-refractivity contribution is 0.0602. The SMILES string of the molecule is COC(=O)c1c(C)[nH]c2c(OC(=O)N3CCN(C)CC3)cc3c(c12)CC(Br)CN3C(=O)c1cc2cc(OC)c(OC)c(OC)c2[nH]1. The van der Waals surface area contributed by atoms with Gasteiger partial charge in [-0.3, -0.25) is 4.79 Å². The molecule has 244 valence electrons. The zero-order valence-electron chi connectivity index (χ0n) is 26.5. The number of likely N-dealkylation sites (N-methyl/N-ethyl adjacent to an activating group) is 1. The number of amides is 2. The van der Waals surface area contributed by atoms with Crippen LogP contribution in [0.1, 0.15) is 32.1 Å². The van der Waals surface area contributed by atoms with Gasteiger partial charge in [-0.1, -0.05) is 15.9 Å². The van der Waals surface area contributed by atoms with Crippen LogP contribution in [0.25, 0.3) is 21.8 Å². The third-order valence-corrected chi connectivity index (χ3v) is 9.27. The number of aryl methyl sites for hydroxylation is 1. The molecular weight excluding hydrogens is 662 g/mol. The summed E-state index contributed by atoms with van der Waals surface area (Å²) >= 11 is 3.74. The van der Waals surface area contributed by atoms with Gasteiger partial charge in [0.25, 0.3) is 5.91 Å². The van der Waals surface area contributed by atoms with E-state index >= 15 is 0 Å². The standard InChI is InChI=1S/C32H36BrN5O8/c1-16-24(31(40)45-6)25-19-13-18(33)15-38(21(19)14-22(27(25)34-16)46-32(41)37-9-7-36(2)8-10-37)30(39)20-11-17-12-23(42-3)28(43-4)29(44-5)26(17)35-20/h11-12,14,18,34-35H,7-10,13,15H2,1-6H3. The average Bonchev–Trinajstić information content (AvgIpc) is 3.64. The van der Waals surface area contributed by atoms with Gasteiger partial charge in [0.05, 0.1) is 50.7 Å². The van der Waals surface area contributed by atoms with Crippen molar-refractivity contribution in [2.24, 2.45) is 0 Å². The molecule has 2 N–H and O–H groups in total. The van der Waals surface area contributed by atoms with Crippen LogP contribution in [0.15, 0.2) is 18.2 Å². The number of benzene rings is 2. The van der Waals surface area contributed by atoms with Crippen molar-refractivity contribution in [3.63, 3.8) is 0 Å². The fraction of sp³-hybridized carbons (Fsp3) is 0.406. The van der Waals surface area contributed by atoms with Crippen LogP contribution >= 0.6 is 15.9 Å². The summed E-state index contributed by atoms with van der Waals surface area (Å²) in [5, 5.41) is 1.25. The molecule has 2 aromatic carbocycles. The fourth-order valence-electron chi connectivity index (χ4n) is 6.34. The number of halogens is 1. The Morgan fingerprint density at radius 1 is 0.891 bits per heavy atom. The Morgan fingerprint density at radius 2 is 1.61 bits per heavy atom. The molecule has 14 heteroatoms. The molecule has 1 unspecified atom stereocenters. The Kier molecular flexibility index (Phi) is 8.51. The number of hydrogen-bond acceptors (Lipinski definition) is 9. The number of H-pyrrole nitrogens is 2. The molecule has 0 saturated carbocycles. The molecule has 6 rings (SSSR count). The highest BCUT2D eigenvalue weighted by Crippen LogP contribution is 2.45. The van der Waals surface area contributed by atoms with Crippen molar-refractivity contribution in [1.29, 1.82) is 0 Å². The van der Waals surface area contributed by atoms with E-state index in [1.54, 1.807) is 34.9 Å². The minimum absolute atomic E-state index is 0.134. The van der Waals surface area contributed by atoms with E-state index in [4.69, 9.17) is 23.7 Å². The molecule has 4 heterocycles. The molecule has 0 radical (unpaired) electrons. The number of hydrogen-bond donors (Lipinski definition) is 2. The predicted octanol–water partition coefficient (Wildman–Crippen LogP) is 4.48. The van der Waals surface area contributed by atoms with Crippen LogP contribution < -0.4 is 23.8 Å². The van der Waals surface area contributed by atoms with E-state index in [0.717, 1.165) is 18.7 Å². The van der Waals surface area contributed by atoms with E-state index in [2.05, 4.69) is 30.8 Å². The third-order valence-electron chi connectivity index (χ3n) is 8.65. The van der Waals surface area contributed by atoms with Crippen molar-refractivity contribution >= 4 is 61.4 Å². The van der Waals surface area contributed by atoms with Gasteiger partial charge in [-0.25, -0.2) is 9.59 Å². The number of methoxy groups -OCH3 is 4. The molecule has 13 nitrogen and oxygen atoms in total. The van der Waals surface area contributed by atoms with E-state index in [1.807, 2.05) is 7.05 Å². The van der Waals surface area contributed by atoms with E-state index in [9.17, 15) is 14.4 Å². The van der Waals surface area contributed by atoms with Gasteiger partial charge in [0.2, 0.25) is 5.75 Å². The Labute approximate surface area is 273 Å². The van der Waals surface area contributed by atoms with Gasteiger partial charge >= 0.3 is 12.1 Å². The average molecular weight is 699 g/mol. The van der Waals surface area contributed by atoms with Crippen LogP contribution in [0.4, 0.5) is 10.5 Å². The highest BCUT2D eigenvalue weighted by Gasteiger charge is 2.35. The Hall–Kier alpha value is -4.43. The van der Waals surface area contributed by atoms with Crippen molar-refractivity contribution < 1.29 is 38.1 Å². The molecular formula is C32H36BrN5O8. The molecule has 2 amide bonds. The second-order valence-electron chi connectivity index (χ2n) is 11.4. The quantitative estimate of drug-likeness (QED) is 0.221. The summed E-state index contributed by atoms with van der Waals surface area (Å²) in [6, 6.07) is 5.20. The lowest BCUT2D eigenvalue weighted by Gasteiger charge is -2.34. The largest absolute Gasteiger partial charge is 0.493 e. The van der Waals surface area contributed by atoms with E-state index < -0.39 is 12.1 Å². The van der Waals surface area contributed by atoms with Crippen LogP contribution in [-0.4, -0.2) is 111 Å². The van der Waals surface area contributed by atoms with Crippen LogP contribution in [-0.2, 0) is 11.2 Å². The number of carbonyl (C=O) groups is 3. The molecule has 4 aromatic rings. The number of fused-ring (bicyclic) bond motifs is 4. The first-order valence-corrected chi connectivity index (χ1v) is 15.7. The number of alkyl halides is 1. The van der Waals surface area contributed by atoms with Crippen molar-refractivity contribution in [3.05, 3.63) is 40.7 Å². The topological polar surface area (TPSA) is 139 Å². The van der Waals surface area contributed by atoms with Gasteiger partial charge in [0.1, 0.15) is 5.69 Å². The zero-order valence-corrected chi connectivity index (χ0v) is 28.1. The number of rotatable bonds is 6. The number of nitrogens with one attached hydrogen (secondary N) is 2. The number of nitrogens with zero attached hydrogens (tertiary/aromatic N) is 3. The van der Waals surface area contributed by atoms with Crippen LogP contribution in [0, 0.1) is 6.92 Å². The van der Waals surface area contributed by atoms with Crippen molar-refractivity contribution in [2.45, 2.75) is 18.2 Å². The summed E-state index contributed by atoms with van der Waals surface area (Å²) in [6.07, 6.45) is 0.0114. The number of esters is 1. The molecule has 1 atom stereocenters. The molecule has 2 aliphatic heterocycles. The van der Waals surface area contributed by atoms with E-state index in [-0.39, 0.29) is 16.5 Å². The van der Waals surface area contributed by atoms with Crippen molar-refractivity contribution in [1.82, 2.24) is 19.8 Å². The van der Waals surface area contributed by atoms with Gasteiger partial charge < -0.3 is 48.4 Å². The summed E-state index contributed by atoms with van der Waals surface area (Å²) in [5.41, 5.74) is 3.52. The van der Waals surface area contributed by atoms with Crippen LogP contribution in [0.2, 0.25) is 0 Å². The maximum Gasteiger partial charge on any atom is 0.415 e. The Morgan fingerprint density at radius 3 is 2.26 bits per heavy atom. The van der Waals surface area contributed by atoms with Crippen LogP contribution in [0.5, 0.6) is 23.0 Å². The molecule has 46 heavy (non-hydrogen) atoms. The number of ether oxygens (including phenoxy) is 5. The monoisotopic (exact) mass is 697 g/mol. The summed E-state index contributed by atoms with van der Waals surface area (Å²) in [7, 11) is 7.89. The van der Waals surface area contributed by atoms with Crippen molar-refractivity contribution in [2.75, 3.05) is 73.1 Å². The Bertz CT molecular complexity index is 1860. The molecule has 0 spiro atoms. The van der Waals surface area contributed by atoms with Gasteiger partial charge in [-0.2, -0.15) is 0 Å². The molecule has 1 fully saturated rings. The van der Waals surface area contributed by atoms with Gasteiger partial charge in [-0.05, 0) is 38.1 Å². The first kappa shape index (κ1) is 31.5. The molecule has 0 bridgehead atoms. The fourth-order valence-corrected chi connectivity index (χ4v) is 6.95. The summed E-state index contributed by atoms with van der Waals surface area (Å²) < 4.78 is 27.8. The maximum atomic E-state index is 14.4. The predicted molar refractivity (Wildman–Crippen MR) is 176 cm³/mol. The summed E-state index contributed by atoms with van der Waals surface area (Å²) in [4.78, 5) is 52.6. The second-order valence-corrected chi connectivity index (χ2v) is 12.7. The first-order valence-electron chi connectivity index (χ1n) is 14.8. The number of carbonyl (C=O) groups excluding carboxylic acids is 3. The van der Waals surface area contributed by atoms with Crippen LogP contribution in [0.3, 0.4) is 0 Å². The highest BCUT2D eigenvalue weighted by molar-refractivity contribution is 9.09. The minimum Gasteiger partial charge on any atom is -0.493 e. The minimum atomic E-state index is -0.534. The highest BCUT2D eigenvalue weighted by atomic mass is 79.9. The van der Waals surface area contributed by atoms with Gasteiger partial charge in [-0.15, -0.1) is 0 Å². The summed E-state index contributed by atoms with van der Waals surface area (Å²) in [6.45, 7) is 4.59. The molecule has 1 saturated heterocycles. The molecule has 2 aliphatic rings. The van der Waals surface area contributed by atoms with E-state index in [0.29, 0.717) is 87.7 Å². The Balaban J connectivity index is 1.49. The normalized spacial score (nSPS) is 16.8. The lowest BCUT2D eigenvalue weighted by Crippen LogP contribution is -2.48. The van der Waals surface area contributed by atoms with E-state index in [1.165, 1.54) is 28.4 Å². The third kappa shape index (κ3) is 5.28. The summed E-state index contributed by atoms with van der Waals surface area (Å²) in [5.74, 6) is 0.613. The second kappa shape index (κ2) is 12.4.